The van der Waals surface area contributed by atoms with Gasteiger partial charge in [0.05, 0.1) is 24.6 Å². The highest BCUT2D eigenvalue weighted by Gasteiger charge is 2.30. The monoisotopic (exact) mass is 497 g/mol. The lowest BCUT2D eigenvalue weighted by molar-refractivity contribution is -0.121. The Labute approximate surface area is 209 Å². The number of carbonyl (C=O) groups excluding carboxylic acids is 3. The summed E-state index contributed by atoms with van der Waals surface area (Å²) in [5.74, 6) is 1.35. The zero-order valence-corrected chi connectivity index (χ0v) is 20.5. The molecule has 3 amide bonds. The quantitative estimate of drug-likeness (QED) is 0.429. The highest BCUT2D eigenvalue weighted by atomic mass is 16.6. The summed E-state index contributed by atoms with van der Waals surface area (Å²) in [5, 5.41) is 8.46. The van der Waals surface area contributed by atoms with Crippen molar-refractivity contribution in [3.63, 3.8) is 0 Å². The summed E-state index contributed by atoms with van der Waals surface area (Å²) < 4.78 is 22.4. The molecule has 10 heteroatoms. The fourth-order valence-corrected chi connectivity index (χ4v) is 3.67. The number of benzene rings is 2. The highest BCUT2D eigenvalue weighted by molar-refractivity contribution is 5.99. The molecule has 0 aromatic heterocycles. The van der Waals surface area contributed by atoms with E-state index in [4.69, 9.17) is 18.9 Å². The summed E-state index contributed by atoms with van der Waals surface area (Å²) in [5.41, 5.74) is 1.46. The van der Waals surface area contributed by atoms with Gasteiger partial charge in [-0.05, 0) is 38.8 Å². The van der Waals surface area contributed by atoms with Gasteiger partial charge < -0.3 is 34.9 Å². The summed E-state index contributed by atoms with van der Waals surface area (Å²) in [6, 6.07) is 8.43. The molecule has 0 unspecified atom stereocenters. The number of hydrogen-bond acceptors (Lipinski definition) is 7. The van der Waals surface area contributed by atoms with Gasteiger partial charge in [-0.1, -0.05) is 0 Å². The summed E-state index contributed by atoms with van der Waals surface area (Å²) in [6.45, 7) is 5.35. The molecule has 0 radical (unpaired) electrons. The first kappa shape index (κ1) is 25.2. The first-order chi connectivity index (χ1) is 17.5. The van der Waals surface area contributed by atoms with Crippen LogP contribution in [0.15, 0.2) is 30.3 Å². The predicted octanol–water partition coefficient (Wildman–Crippen LogP) is 3.96. The van der Waals surface area contributed by atoms with Crippen molar-refractivity contribution >= 4 is 34.8 Å². The van der Waals surface area contributed by atoms with Crippen LogP contribution in [0.3, 0.4) is 0 Å². The van der Waals surface area contributed by atoms with E-state index in [9.17, 15) is 14.4 Å². The minimum Gasteiger partial charge on any atom is -0.492 e. The largest absolute Gasteiger partial charge is 0.492 e. The molecule has 2 aromatic rings. The van der Waals surface area contributed by atoms with Crippen molar-refractivity contribution in [2.45, 2.75) is 39.5 Å². The highest BCUT2D eigenvalue weighted by Crippen LogP contribution is 2.39. The first-order valence-electron chi connectivity index (χ1n) is 12.2. The Balaban J connectivity index is 1.37. The van der Waals surface area contributed by atoms with Gasteiger partial charge in [-0.3, -0.25) is 14.4 Å². The van der Waals surface area contributed by atoms with Gasteiger partial charge in [0.1, 0.15) is 24.7 Å². The summed E-state index contributed by atoms with van der Waals surface area (Å²) in [4.78, 5) is 37.3. The van der Waals surface area contributed by atoms with Gasteiger partial charge in [0.25, 0.3) is 0 Å². The molecule has 1 saturated carbocycles. The van der Waals surface area contributed by atoms with Gasteiger partial charge >= 0.3 is 0 Å². The maximum atomic E-state index is 12.7. The van der Waals surface area contributed by atoms with E-state index in [2.05, 4.69) is 16.0 Å². The van der Waals surface area contributed by atoms with Crippen molar-refractivity contribution in [2.75, 3.05) is 42.4 Å². The standard InChI is InChI=1S/C26H31N3O7/c1-3-33-21-15-19(29-26(32)16-5-6-16)22(34-4-2)14-18(21)28-25(31)10-9-24(30)27-17-7-8-20-23(13-17)36-12-11-35-20/h7-8,13-16H,3-6,9-12H2,1-2H3,(H,27,30)(H,28,31)(H,29,32). The molecule has 36 heavy (non-hydrogen) atoms. The molecule has 0 bridgehead atoms. The second-order valence-corrected chi connectivity index (χ2v) is 8.43. The van der Waals surface area contributed by atoms with Crippen LogP contribution in [0.4, 0.5) is 17.1 Å². The summed E-state index contributed by atoms with van der Waals surface area (Å²) in [6.07, 6.45) is 1.71. The molecule has 2 aliphatic rings. The van der Waals surface area contributed by atoms with E-state index < -0.39 is 0 Å². The van der Waals surface area contributed by atoms with E-state index in [0.29, 0.717) is 66.5 Å². The third kappa shape index (κ3) is 6.59. The van der Waals surface area contributed by atoms with Gasteiger partial charge in [-0.2, -0.15) is 0 Å². The van der Waals surface area contributed by atoms with Crippen LogP contribution < -0.4 is 34.9 Å². The number of hydrogen-bond donors (Lipinski definition) is 3. The number of anilines is 3. The fraction of sp³-hybridized carbons (Fsp3) is 0.423. The lowest BCUT2D eigenvalue weighted by Gasteiger charge is -2.19. The molecule has 3 N–H and O–H groups in total. The average molecular weight is 498 g/mol. The van der Waals surface area contributed by atoms with Gasteiger partial charge in [0.15, 0.2) is 11.5 Å². The SMILES string of the molecule is CCOc1cc(NC(=O)C2CC2)c(OCC)cc1NC(=O)CCC(=O)Nc1ccc2c(c1)OCCO2. The number of amides is 3. The van der Waals surface area contributed by atoms with E-state index in [1.54, 1.807) is 30.3 Å². The van der Waals surface area contributed by atoms with Gasteiger partial charge in [-0.25, -0.2) is 0 Å². The van der Waals surface area contributed by atoms with E-state index >= 15 is 0 Å². The lowest BCUT2D eigenvalue weighted by Crippen LogP contribution is -2.19. The van der Waals surface area contributed by atoms with Crippen LogP contribution in [-0.2, 0) is 14.4 Å². The van der Waals surface area contributed by atoms with Crippen LogP contribution in [0.1, 0.15) is 39.5 Å². The minimum atomic E-state index is -0.356. The number of ether oxygens (including phenoxy) is 4. The fourth-order valence-electron chi connectivity index (χ4n) is 3.67. The Morgan fingerprint density at radius 1 is 0.806 bits per heavy atom. The van der Waals surface area contributed by atoms with E-state index in [1.807, 2.05) is 13.8 Å². The molecule has 1 aliphatic heterocycles. The zero-order chi connectivity index (χ0) is 25.5. The Bertz CT molecular complexity index is 1130. The molecular weight excluding hydrogens is 466 g/mol. The number of nitrogens with one attached hydrogen (secondary N) is 3. The third-order valence-electron chi connectivity index (χ3n) is 5.57. The number of fused-ring (bicyclic) bond motifs is 1. The van der Waals surface area contributed by atoms with E-state index in [-0.39, 0.29) is 36.5 Å². The Kier molecular flexibility index (Phi) is 8.14. The topological polar surface area (TPSA) is 124 Å². The van der Waals surface area contributed by atoms with Crippen molar-refractivity contribution < 1.29 is 33.3 Å². The van der Waals surface area contributed by atoms with Crippen molar-refractivity contribution in [2.24, 2.45) is 5.92 Å². The molecule has 0 atom stereocenters. The Hall–Kier alpha value is -3.95. The molecule has 2 aromatic carbocycles. The predicted molar refractivity (Wildman–Crippen MR) is 134 cm³/mol. The normalized spacial score (nSPS) is 13.9. The Morgan fingerprint density at radius 3 is 2.00 bits per heavy atom. The summed E-state index contributed by atoms with van der Waals surface area (Å²) in [7, 11) is 0. The van der Waals surface area contributed by atoms with Crippen LogP contribution >= 0.6 is 0 Å². The molecular formula is C26H31N3O7. The van der Waals surface area contributed by atoms with Crippen LogP contribution in [0.2, 0.25) is 0 Å². The average Bonchev–Trinajstić information content (AvgIpc) is 3.71. The van der Waals surface area contributed by atoms with E-state index in [0.717, 1.165) is 12.8 Å². The maximum Gasteiger partial charge on any atom is 0.227 e. The van der Waals surface area contributed by atoms with Gasteiger partial charge in [0.2, 0.25) is 17.7 Å². The van der Waals surface area contributed by atoms with Crippen molar-refractivity contribution in [1.82, 2.24) is 0 Å². The molecule has 1 heterocycles. The summed E-state index contributed by atoms with van der Waals surface area (Å²) >= 11 is 0. The Morgan fingerprint density at radius 2 is 1.39 bits per heavy atom. The minimum absolute atomic E-state index is 0.0158. The number of carbonyl (C=O) groups is 3. The number of rotatable bonds is 11. The molecule has 0 spiro atoms. The molecule has 10 nitrogen and oxygen atoms in total. The van der Waals surface area contributed by atoms with Crippen LogP contribution in [0.5, 0.6) is 23.0 Å². The first-order valence-corrected chi connectivity index (χ1v) is 12.2. The smallest absolute Gasteiger partial charge is 0.227 e. The second-order valence-electron chi connectivity index (χ2n) is 8.43. The molecule has 1 fully saturated rings. The van der Waals surface area contributed by atoms with Crippen LogP contribution in [-0.4, -0.2) is 44.1 Å². The molecule has 0 saturated heterocycles. The second kappa shape index (κ2) is 11.7. The lowest BCUT2D eigenvalue weighted by atomic mass is 10.2. The van der Waals surface area contributed by atoms with Gasteiger partial charge in [-0.15, -0.1) is 0 Å². The molecule has 192 valence electrons. The van der Waals surface area contributed by atoms with E-state index in [1.165, 1.54) is 0 Å². The molecule has 1 aliphatic carbocycles. The zero-order valence-electron chi connectivity index (χ0n) is 20.5. The van der Waals surface area contributed by atoms with Crippen LogP contribution in [0.25, 0.3) is 0 Å². The molecule has 4 rings (SSSR count). The third-order valence-corrected chi connectivity index (χ3v) is 5.57. The van der Waals surface area contributed by atoms with Crippen molar-refractivity contribution in [3.05, 3.63) is 30.3 Å². The maximum absolute atomic E-state index is 12.7. The van der Waals surface area contributed by atoms with Crippen LogP contribution in [0, 0.1) is 5.92 Å². The van der Waals surface area contributed by atoms with Crippen molar-refractivity contribution in [1.29, 1.82) is 0 Å². The van der Waals surface area contributed by atoms with Crippen molar-refractivity contribution in [3.8, 4) is 23.0 Å². The van der Waals surface area contributed by atoms with Gasteiger partial charge in [0, 0.05) is 42.6 Å².